The lowest BCUT2D eigenvalue weighted by Gasteiger charge is -2.12. The lowest BCUT2D eigenvalue weighted by Crippen LogP contribution is -2.39. The zero-order valence-corrected chi connectivity index (χ0v) is 16.3. The first-order valence-electron chi connectivity index (χ1n) is 7.19. The van der Waals surface area contributed by atoms with E-state index in [1.54, 1.807) is 6.33 Å². The third-order valence-electron chi connectivity index (χ3n) is 2.78. The number of aliphatic imine (C=N–C) groups is 1. The molecule has 0 atom stereocenters. The van der Waals surface area contributed by atoms with E-state index < -0.39 is 0 Å². The van der Waals surface area contributed by atoms with E-state index in [1.807, 2.05) is 11.8 Å². The van der Waals surface area contributed by atoms with Crippen molar-refractivity contribution >= 4 is 41.7 Å². The van der Waals surface area contributed by atoms with Crippen molar-refractivity contribution in [1.82, 2.24) is 25.4 Å². The van der Waals surface area contributed by atoms with Crippen LogP contribution < -0.4 is 10.6 Å². The molecule has 1 aromatic heterocycles. The van der Waals surface area contributed by atoms with Gasteiger partial charge in [-0.3, -0.25) is 4.99 Å². The summed E-state index contributed by atoms with van der Waals surface area (Å²) < 4.78 is 2.07. The SMILES string of the molecule is CCNC(=NCCCSC)NCCn1cnnc1CC.I. The second kappa shape index (κ2) is 13.2. The highest BCUT2D eigenvalue weighted by Gasteiger charge is 2.01. The molecule has 122 valence electrons. The number of aryl methyl sites for hydroxylation is 1. The fraction of sp³-hybridized carbons (Fsp3) is 0.769. The van der Waals surface area contributed by atoms with Gasteiger partial charge in [0, 0.05) is 32.6 Å². The molecule has 0 aliphatic rings. The number of hydrogen-bond donors (Lipinski definition) is 2. The van der Waals surface area contributed by atoms with Crippen molar-refractivity contribution in [2.75, 3.05) is 31.6 Å². The molecule has 1 rings (SSSR count). The monoisotopic (exact) mass is 426 g/mol. The van der Waals surface area contributed by atoms with Gasteiger partial charge < -0.3 is 15.2 Å². The van der Waals surface area contributed by atoms with E-state index in [4.69, 9.17) is 0 Å². The van der Waals surface area contributed by atoms with Crippen LogP contribution in [0.15, 0.2) is 11.3 Å². The first-order chi connectivity index (χ1) is 9.81. The number of nitrogens with one attached hydrogen (secondary N) is 2. The third kappa shape index (κ3) is 8.50. The molecule has 0 saturated carbocycles. The van der Waals surface area contributed by atoms with Crippen LogP contribution in [0.3, 0.4) is 0 Å². The van der Waals surface area contributed by atoms with Crippen LogP contribution in [0, 0.1) is 0 Å². The topological polar surface area (TPSA) is 67.1 Å². The Bertz CT molecular complexity index is 396. The van der Waals surface area contributed by atoms with Gasteiger partial charge in [-0.15, -0.1) is 34.2 Å². The highest BCUT2D eigenvalue weighted by Crippen LogP contribution is 1.96. The summed E-state index contributed by atoms with van der Waals surface area (Å²) in [5.74, 6) is 3.07. The molecule has 1 heterocycles. The molecule has 8 heteroatoms. The molecular formula is C13H27IN6S. The van der Waals surface area contributed by atoms with Gasteiger partial charge in [0.25, 0.3) is 0 Å². The lowest BCUT2D eigenvalue weighted by molar-refractivity contribution is 0.632. The highest BCUT2D eigenvalue weighted by atomic mass is 127. The van der Waals surface area contributed by atoms with E-state index in [1.165, 1.54) is 0 Å². The smallest absolute Gasteiger partial charge is 0.191 e. The maximum Gasteiger partial charge on any atom is 0.191 e. The third-order valence-corrected chi connectivity index (χ3v) is 3.47. The molecule has 21 heavy (non-hydrogen) atoms. The summed E-state index contributed by atoms with van der Waals surface area (Å²) in [4.78, 5) is 4.55. The van der Waals surface area contributed by atoms with Gasteiger partial charge in [-0.2, -0.15) is 11.8 Å². The molecule has 2 N–H and O–H groups in total. The van der Waals surface area contributed by atoms with Crippen LogP contribution in [-0.2, 0) is 13.0 Å². The molecule has 0 amide bonds. The Labute approximate surface area is 149 Å². The van der Waals surface area contributed by atoms with Crippen LogP contribution in [0.5, 0.6) is 0 Å². The van der Waals surface area contributed by atoms with Gasteiger partial charge in [-0.1, -0.05) is 6.92 Å². The van der Waals surface area contributed by atoms with E-state index in [0.29, 0.717) is 0 Å². The maximum atomic E-state index is 4.55. The second-order valence-corrected chi connectivity index (χ2v) is 5.31. The second-order valence-electron chi connectivity index (χ2n) is 4.33. The van der Waals surface area contributed by atoms with Gasteiger partial charge in [-0.05, 0) is 25.4 Å². The number of thioether (sulfide) groups is 1. The van der Waals surface area contributed by atoms with Gasteiger partial charge in [0.05, 0.1) is 0 Å². The standard InChI is InChI=1S/C13H26N6S.HI/c1-4-12-18-17-11-19(12)9-8-16-13(14-5-2)15-7-6-10-20-3;/h11H,4-10H2,1-3H3,(H2,14,15,16);1H. The van der Waals surface area contributed by atoms with Crippen LogP contribution in [0.25, 0.3) is 0 Å². The fourth-order valence-corrected chi connectivity index (χ4v) is 2.19. The minimum Gasteiger partial charge on any atom is -0.357 e. The molecule has 0 fully saturated rings. The van der Waals surface area contributed by atoms with Gasteiger partial charge >= 0.3 is 0 Å². The molecule has 0 unspecified atom stereocenters. The fourth-order valence-electron chi connectivity index (χ4n) is 1.78. The van der Waals surface area contributed by atoms with E-state index in [0.717, 1.165) is 56.6 Å². The van der Waals surface area contributed by atoms with Crippen LogP contribution in [0.4, 0.5) is 0 Å². The molecule has 0 saturated heterocycles. The number of guanidine groups is 1. The van der Waals surface area contributed by atoms with Crippen LogP contribution >= 0.6 is 35.7 Å². The van der Waals surface area contributed by atoms with Crippen molar-refractivity contribution in [1.29, 1.82) is 0 Å². The van der Waals surface area contributed by atoms with Crippen molar-refractivity contribution in [3.05, 3.63) is 12.2 Å². The minimum atomic E-state index is 0. The molecule has 6 nitrogen and oxygen atoms in total. The maximum absolute atomic E-state index is 4.55. The molecule has 0 spiro atoms. The molecule has 0 aromatic carbocycles. The molecule has 0 bridgehead atoms. The molecular weight excluding hydrogens is 399 g/mol. The summed E-state index contributed by atoms with van der Waals surface area (Å²) in [5.41, 5.74) is 0. The van der Waals surface area contributed by atoms with Crippen molar-refractivity contribution in [3.8, 4) is 0 Å². The van der Waals surface area contributed by atoms with E-state index in [9.17, 15) is 0 Å². The number of hydrogen-bond acceptors (Lipinski definition) is 4. The Balaban J connectivity index is 0.00000400. The first-order valence-corrected chi connectivity index (χ1v) is 8.59. The van der Waals surface area contributed by atoms with E-state index in [-0.39, 0.29) is 24.0 Å². The quantitative estimate of drug-likeness (QED) is 0.273. The van der Waals surface area contributed by atoms with Crippen molar-refractivity contribution < 1.29 is 0 Å². The van der Waals surface area contributed by atoms with Crippen molar-refractivity contribution in [2.45, 2.75) is 33.2 Å². The van der Waals surface area contributed by atoms with Gasteiger partial charge in [-0.25, -0.2) is 0 Å². The minimum absolute atomic E-state index is 0. The van der Waals surface area contributed by atoms with E-state index in [2.05, 4.69) is 50.5 Å². The number of halogens is 1. The Morgan fingerprint density at radius 2 is 2.19 bits per heavy atom. The summed E-state index contributed by atoms with van der Waals surface area (Å²) in [6, 6.07) is 0. The zero-order valence-electron chi connectivity index (χ0n) is 13.1. The summed E-state index contributed by atoms with van der Waals surface area (Å²) in [5, 5.41) is 14.6. The Morgan fingerprint density at radius 1 is 1.38 bits per heavy atom. The number of rotatable bonds is 9. The molecule has 0 radical (unpaired) electrons. The van der Waals surface area contributed by atoms with Gasteiger partial charge in [0.15, 0.2) is 5.96 Å². The predicted molar refractivity (Wildman–Crippen MR) is 102 cm³/mol. The first kappa shape index (κ1) is 20.5. The van der Waals surface area contributed by atoms with Crippen molar-refractivity contribution in [2.24, 2.45) is 4.99 Å². The average Bonchev–Trinajstić information content (AvgIpc) is 2.91. The lowest BCUT2D eigenvalue weighted by atomic mass is 10.4. The van der Waals surface area contributed by atoms with Gasteiger partial charge in [0.2, 0.25) is 0 Å². The van der Waals surface area contributed by atoms with Crippen molar-refractivity contribution in [3.63, 3.8) is 0 Å². The van der Waals surface area contributed by atoms with Gasteiger partial charge in [0.1, 0.15) is 12.2 Å². The Kier molecular flexibility index (Phi) is 12.9. The van der Waals surface area contributed by atoms with Crippen LogP contribution in [0.1, 0.15) is 26.1 Å². The normalized spacial score (nSPS) is 11.1. The number of nitrogens with zero attached hydrogens (tertiary/aromatic N) is 4. The summed E-state index contributed by atoms with van der Waals surface area (Å²) >= 11 is 1.86. The summed E-state index contributed by atoms with van der Waals surface area (Å²) in [6.07, 6.45) is 5.92. The number of aromatic nitrogens is 3. The summed E-state index contributed by atoms with van der Waals surface area (Å²) in [7, 11) is 0. The summed E-state index contributed by atoms with van der Waals surface area (Å²) in [6.45, 7) is 7.58. The largest absolute Gasteiger partial charge is 0.357 e. The molecule has 1 aromatic rings. The van der Waals surface area contributed by atoms with E-state index >= 15 is 0 Å². The van der Waals surface area contributed by atoms with Crippen LogP contribution in [0.2, 0.25) is 0 Å². The highest BCUT2D eigenvalue weighted by molar-refractivity contribution is 14.0. The molecule has 0 aliphatic heterocycles. The predicted octanol–water partition coefficient (Wildman–Crippen LogP) is 1.77. The average molecular weight is 426 g/mol. The zero-order chi connectivity index (χ0) is 14.6. The Hall–Kier alpha value is -0.510. The molecule has 0 aliphatic carbocycles. The Morgan fingerprint density at radius 3 is 2.86 bits per heavy atom. The van der Waals surface area contributed by atoms with Crippen LogP contribution in [-0.4, -0.2) is 52.4 Å².